The lowest BCUT2D eigenvalue weighted by Crippen LogP contribution is -2.51. The second-order valence-corrected chi connectivity index (χ2v) is 10.1. The average molecular weight is 539 g/mol. The molecule has 2 heterocycles. The Balaban J connectivity index is 0.000000564. The third-order valence-electron chi connectivity index (χ3n) is 6.77. The molecule has 0 unspecified atom stereocenters. The van der Waals surface area contributed by atoms with Crippen LogP contribution < -0.4 is 10.2 Å². The molecule has 0 spiro atoms. The molecule has 0 saturated carbocycles. The SMILES string of the molecule is C[N+]1(CCCCC[N+]2(C)CCCC2)CCCC1.O=C(O)[C@H](O)[C@@H](O)C(=O)O.O=C([O-])[C@H](O)[C@@H](O)C(=O)[O-]. The smallest absolute Gasteiger partial charge is 0.335 e. The summed E-state index contributed by atoms with van der Waals surface area (Å²) in [5.74, 6) is -7.65. The summed E-state index contributed by atoms with van der Waals surface area (Å²) < 4.78 is 2.73. The van der Waals surface area contributed by atoms with E-state index in [-0.39, 0.29) is 0 Å². The first kappa shape index (κ1) is 34.6. The molecule has 0 aromatic rings. The lowest BCUT2D eigenvalue weighted by Gasteiger charge is -2.30. The van der Waals surface area contributed by atoms with Crippen LogP contribution in [0.5, 0.6) is 0 Å². The van der Waals surface area contributed by atoms with Gasteiger partial charge in [-0.1, -0.05) is 0 Å². The molecule has 2 aliphatic rings. The minimum absolute atomic E-state index is 1.37. The standard InChI is InChI=1S/C15H32N2.2C4H6O6/c1-16(12-6-7-13-16)10-4-3-5-11-17(2)14-8-9-15-17;2*5-1(3(7)8)2(6)4(9)10/h3-15H2,1-2H3;2*1-2,5-6H,(H,7,8)(H,9,10)/q+2;;/p-2/t;2*1-,2-/m.11/s1. The molecule has 14 heteroatoms. The molecule has 0 aromatic carbocycles. The van der Waals surface area contributed by atoms with Crippen LogP contribution in [0.2, 0.25) is 0 Å². The van der Waals surface area contributed by atoms with Gasteiger partial charge in [-0.25, -0.2) is 9.59 Å². The molecule has 6 N–H and O–H groups in total. The summed E-state index contributed by atoms with van der Waals surface area (Å²) in [6.45, 7) is 8.62. The molecule has 0 amide bonds. The van der Waals surface area contributed by atoms with Crippen LogP contribution in [0, 0.1) is 0 Å². The average Bonchev–Trinajstić information content (AvgIpc) is 3.46. The van der Waals surface area contributed by atoms with Crippen LogP contribution >= 0.6 is 0 Å². The van der Waals surface area contributed by atoms with E-state index in [9.17, 15) is 29.4 Å². The number of hydrogen-bond acceptors (Lipinski definition) is 10. The quantitative estimate of drug-likeness (QED) is 0.102. The van der Waals surface area contributed by atoms with Crippen molar-refractivity contribution in [2.24, 2.45) is 0 Å². The van der Waals surface area contributed by atoms with E-state index in [2.05, 4.69) is 14.1 Å². The monoisotopic (exact) mass is 538 g/mol. The molecule has 0 radical (unpaired) electrons. The normalized spacial score (nSPS) is 20.7. The van der Waals surface area contributed by atoms with E-state index >= 15 is 0 Å². The summed E-state index contributed by atoms with van der Waals surface area (Å²) in [7, 11) is 4.92. The number of nitrogens with zero attached hydrogens (tertiary/aromatic N) is 2. The van der Waals surface area contributed by atoms with Crippen LogP contribution in [0.4, 0.5) is 0 Å². The lowest BCUT2D eigenvalue weighted by atomic mass is 10.2. The Morgan fingerprint density at radius 3 is 1.08 bits per heavy atom. The van der Waals surface area contributed by atoms with Gasteiger partial charge in [-0.15, -0.1) is 0 Å². The van der Waals surface area contributed by atoms with Gasteiger partial charge in [-0.3, -0.25) is 0 Å². The van der Waals surface area contributed by atoms with Gasteiger partial charge in [0.05, 0.1) is 65.3 Å². The van der Waals surface area contributed by atoms with Crippen molar-refractivity contribution < 1.29 is 69.0 Å². The number of carboxylic acids is 4. The van der Waals surface area contributed by atoms with Crippen molar-refractivity contribution in [3.8, 4) is 0 Å². The minimum atomic E-state index is -2.44. The van der Waals surface area contributed by atoms with Crippen molar-refractivity contribution in [3.05, 3.63) is 0 Å². The highest BCUT2D eigenvalue weighted by Gasteiger charge is 2.29. The number of unbranched alkanes of at least 4 members (excludes halogenated alkanes) is 2. The maximum atomic E-state index is 9.77. The topological polar surface area (TPSA) is 236 Å². The molecule has 2 rings (SSSR count). The molecular weight excluding hydrogens is 496 g/mol. The van der Waals surface area contributed by atoms with Gasteiger partial charge < -0.3 is 59.4 Å². The number of hydrogen-bond donors (Lipinski definition) is 6. The zero-order valence-corrected chi connectivity index (χ0v) is 21.5. The molecule has 216 valence electrons. The summed E-state index contributed by atoms with van der Waals surface area (Å²) >= 11 is 0. The molecule has 2 aliphatic heterocycles. The molecular formula is C23H42N2O12. The zero-order chi connectivity index (χ0) is 28.8. The summed E-state index contributed by atoms with van der Waals surface area (Å²) in [4.78, 5) is 38.8. The van der Waals surface area contributed by atoms with Crippen molar-refractivity contribution in [1.29, 1.82) is 0 Å². The highest BCUT2D eigenvalue weighted by molar-refractivity contribution is 5.83. The van der Waals surface area contributed by atoms with E-state index in [4.69, 9.17) is 30.6 Å². The van der Waals surface area contributed by atoms with Gasteiger partial charge in [0, 0.05) is 25.7 Å². The number of aliphatic hydroxyl groups is 4. The lowest BCUT2D eigenvalue weighted by molar-refractivity contribution is -0.899. The van der Waals surface area contributed by atoms with Crippen LogP contribution in [0.1, 0.15) is 44.9 Å². The second kappa shape index (κ2) is 16.5. The van der Waals surface area contributed by atoms with Crippen molar-refractivity contribution in [2.45, 2.75) is 69.4 Å². The number of carboxylic acid groups (broad SMARTS) is 4. The van der Waals surface area contributed by atoms with Gasteiger partial charge in [-0.2, -0.15) is 0 Å². The number of carbonyl (C=O) groups excluding carboxylic acids is 2. The highest BCUT2D eigenvalue weighted by atomic mass is 16.4. The molecule has 14 nitrogen and oxygen atoms in total. The van der Waals surface area contributed by atoms with Crippen LogP contribution in [-0.4, -0.2) is 141 Å². The first-order chi connectivity index (χ1) is 17.0. The Morgan fingerprint density at radius 1 is 0.595 bits per heavy atom. The maximum absolute atomic E-state index is 9.77. The minimum Gasteiger partial charge on any atom is -0.547 e. The molecule has 0 aromatic heterocycles. The number of likely N-dealkylation sites (tertiary alicyclic amines) is 2. The van der Waals surface area contributed by atoms with Gasteiger partial charge in [0.25, 0.3) is 0 Å². The first-order valence-corrected chi connectivity index (χ1v) is 12.3. The highest BCUT2D eigenvalue weighted by Crippen LogP contribution is 2.20. The van der Waals surface area contributed by atoms with Crippen molar-refractivity contribution in [1.82, 2.24) is 0 Å². The Labute approximate surface area is 216 Å². The Bertz CT molecular complexity index is 639. The third kappa shape index (κ3) is 13.7. The number of aliphatic hydroxyl groups excluding tert-OH is 4. The number of carbonyl (C=O) groups is 4. The summed E-state index contributed by atoms with van der Waals surface area (Å²) in [6.07, 6.45) is 0.813. The molecule has 37 heavy (non-hydrogen) atoms. The molecule has 4 atom stereocenters. The summed E-state index contributed by atoms with van der Waals surface area (Å²) in [6, 6.07) is 0. The Kier molecular flexibility index (Phi) is 15.4. The second-order valence-electron chi connectivity index (χ2n) is 10.1. The van der Waals surface area contributed by atoms with Gasteiger partial charge >= 0.3 is 11.9 Å². The summed E-state index contributed by atoms with van der Waals surface area (Å²) in [5.41, 5.74) is 0. The number of aliphatic carboxylic acids is 4. The largest absolute Gasteiger partial charge is 0.547 e. The van der Waals surface area contributed by atoms with E-state index < -0.39 is 48.3 Å². The number of quaternary nitrogens is 2. The van der Waals surface area contributed by atoms with Crippen LogP contribution in [-0.2, 0) is 19.2 Å². The Morgan fingerprint density at radius 2 is 0.865 bits per heavy atom. The number of rotatable bonds is 12. The fraction of sp³-hybridized carbons (Fsp3) is 0.826. The molecule has 2 fully saturated rings. The maximum Gasteiger partial charge on any atom is 0.335 e. The predicted molar refractivity (Wildman–Crippen MR) is 123 cm³/mol. The fourth-order valence-corrected chi connectivity index (χ4v) is 4.34. The van der Waals surface area contributed by atoms with E-state index in [1.54, 1.807) is 0 Å². The fourth-order valence-electron chi connectivity index (χ4n) is 4.34. The van der Waals surface area contributed by atoms with Crippen LogP contribution in [0.25, 0.3) is 0 Å². The third-order valence-corrected chi connectivity index (χ3v) is 6.77. The molecule has 2 saturated heterocycles. The van der Waals surface area contributed by atoms with E-state index in [1.807, 2.05) is 0 Å². The van der Waals surface area contributed by atoms with E-state index in [0.717, 1.165) is 0 Å². The molecule has 0 bridgehead atoms. The van der Waals surface area contributed by atoms with Gasteiger partial charge in [0.1, 0.15) is 12.2 Å². The first-order valence-electron chi connectivity index (χ1n) is 12.3. The van der Waals surface area contributed by atoms with Crippen LogP contribution in [0.15, 0.2) is 0 Å². The van der Waals surface area contributed by atoms with Crippen molar-refractivity contribution in [2.75, 3.05) is 53.4 Å². The van der Waals surface area contributed by atoms with Gasteiger partial charge in [-0.05, 0) is 19.3 Å². The Hall–Kier alpha value is -2.36. The van der Waals surface area contributed by atoms with E-state index in [0.29, 0.717) is 0 Å². The molecule has 0 aliphatic carbocycles. The summed E-state index contributed by atoms with van der Waals surface area (Å²) in [5, 5.41) is 68.3. The van der Waals surface area contributed by atoms with Gasteiger partial charge in [0.15, 0.2) is 12.2 Å². The van der Waals surface area contributed by atoms with Crippen molar-refractivity contribution >= 4 is 23.9 Å². The predicted octanol–water partition coefficient (Wildman–Crippen LogP) is -4.28. The van der Waals surface area contributed by atoms with E-state index in [1.165, 1.54) is 93.2 Å². The zero-order valence-electron chi connectivity index (χ0n) is 21.5. The van der Waals surface area contributed by atoms with Crippen LogP contribution in [0.3, 0.4) is 0 Å². The van der Waals surface area contributed by atoms with Crippen molar-refractivity contribution in [3.63, 3.8) is 0 Å². The van der Waals surface area contributed by atoms with Gasteiger partial charge in [0.2, 0.25) is 0 Å².